The van der Waals surface area contributed by atoms with Crippen LogP contribution in [0.3, 0.4) is 0 Å². The van der Waals surface area contributed by atoms with E-state index in [1.54, 1.807) is 0 Å². The van der Waals surface area contributed by atoms with E-state index in [4.69, 9.17) is 4.98 Å². The molecule has 2 saturated carbocycles. The van der Waals surface area contributed by atoms with Gasteiger partial charge in [0, 0.05) is 61.9 Å². The average molecular weight is 421 g/mol. The Kier molecular flexibility index (Phi) is 5.72. The van der Waals surface area contributed by atoms with Crippen molar-refractivity contribution in [3.8, 4) is 11.3 Å². The van der Waals surface area contributed by atoms with E-state index in [2.05, 4.69) is 32.0 Å². The molecule has 0 unspecified atom stereocenters. The first kappa shape index (κ1) is 20.2. The fourth-order valence-electron chi connectivity index (χ4n) is 4.54. The van der Waals surface area contributed by atoms with E-state index in [1.807, 2.05) is 48.1 Å². The molecule has 0 spiro atoms. The number of nitrogens with one attached hydrogen (secondary N) is 2. The predicted molar refractivity (Wildman–Crippen MR) is 120 cm³/mol. The summed E-state index contributed by atoms with van der Waals surface area (Å²) in [6, 6.07) is 2.98. The van der Waals surface area contributed by atoms with Crippen molar-refractivity contribution in [1.82, 2.24) is 34.8 Å². The number of aryl methyl sites for hydroxylation is 2. The molecular formula is C23H32N8. The lowest BCUT2D eigenvalue weighted by Crippen LogP contribution is -2.36. The van der Waals surface area contributed by atoms with E-state index in [-0.39, 0.29) is 0 Å². The van der Waals surface area contributed by atoms with Crippen molar-refractivity contribution in [2.24, 2.45) is 20.0 Å². The maximum absolute atomic E-state index is 4.84. The number of rotatable bonds is 8. The van der Waals surface area contributed by atoms with Crippen molar-refractivity contribution in [2.45, 2.75) is 63.6 Å². The Labute approximate surface area is 183 Å². The Morgan fingerprint density at radius 1 is 1.00 bits per heavy atom. The van der Waals surface area contributed by atoms with Gasteiger partial charge in [0.15, 0.2) is 0 Å². The van der Waals surface area contributed by atoms with E-state index >= 15 is 0 Å². The molecule has 2 aliphatic rings. The molecule has 0 aliphatic heterocycles. The molecule has 2 fully saturated rings. The van der Waals surface area contributed by atoms with Crippen LogP contribution in [0.4, 0.5) is 5.95 Å². The largest absolute Gasteiger partial charge is 0.351 e. The van der Waals surface area contributed by atoms with Crippen molar-refractivity contribution in [2.75, 3.05) is 5.32 Å². The van der Waals surface area contributed by atoms with Crippen molar-refractivity contribution < 1.29 is 0 Å². The molecule has 0 atom stereocenters. The minimum Gasteiger partial charge on any atom is -0.351 e. The number of hydrogen-bond donors (Lipinski definition) is 2. The summed E-state index contributed by atoms with van der Waals surface area (Å²) in [5.74, 6) is 1.54. The molecule has 3 aromatic heterocycles. The van der Waals surface area contributed by atoms with Gasteiger partial charge < -0.3 is 10.6 Å². The molecule has 0 amide bonds. The first-order chi connectivity index (χ1) is 15.1. The first-order valence-electron chi connectivity index (χ1n) is 11.5. The molecule has 3 heterocycles. The quantitative estimate of drug-likeness (QED) is 0.583. The maximum atomic E-state index is 4.84. The fraction of sp³-hybridized carbons (Fsp3) is 0.565. The second-order valence-corrected chi connectivity index (χ2v) is 9.14. The summed E-state index contributed by atoms with van der Waals surface area (Å²) in [6.07, 6.45) is 16.1. The number of anilines is 1. The van der Waals surface area contributed by atoms with Crippen LogP contribution in [-0.4, -0.2) is 41.6 Å². The van der Waals surface area contributed by atoms with Crippen LogP contribution in [0.2, 0.25) is 0 Å². The average Bonchev–Trinajstić information content (AvgIpc) is 3.39. The van der Waals surface area contributed by atoms with Crippen LogP contribution in [0.1, 0.15) is 49.8 Å². The van der Waals surface area contributed by atoms with Gasteiger partial charge >= 0.3 is 0 Å². The molecule has 2 aliphatic carbocycles. The lowest BCUT2D eigenvalue weighted by Gasteiger charge is -2.29. The third kappa shape index (κ3) is 4.95. The van der Waals surface area contributed by atoms with Crippen LogP contribution in [-0.2, 0) is 27.1 Å². The lowest BCUT2D eigenvalue weighted by molar-refractivity contribution is 0.352. The first-order valence-corrected chi connectivity index (χ1v) is 11.5. The molecule has 3 aromatic rings. The van der Waals surface area contributed by atoms with Gasteiger partial charge in [0.25, 0.3) is 0 Å². The van der Waals surface area contributed by atoms with Crippen molar-refractivity contribution in [1.29, 1.82) is 0 Å². The van der Waals surface area contributed by atoms with Crippen molar-refractivity contribution >= 4 is 5.95 Å². The molecular weight excluding hydrogens is 388 g/mol. The molecule has 0 radical (unpaired) electrons. The minimum atomic E-state index is 0.423. The van der Waals surface area contributed by atoms with Gasteiger partial charge in [0.2, 0.25) is 5.95 Å². The Bertz CT molecular complexity index is 1010. The Balaban J connectivity index is 1.16. The molecule has 8 heteroatoms. The summed E-state index contributed by atoms with van der Waals surface area (Å²) >= 11 is 0. The minimum absolute atomic E-state index is 0.423. The normalized spacial score (nSPS) is 21.4. The second-order valence-electron chi connectivity index (χ2n) is 9.14. The highest BCUT2D eigenvalue weighted by atomic mass is 15.3. The van der Waals surface area contributed by atoms with E-state index in [1.165, 1.54) is 24.1 Å². The van der Waals surface area contributed by atoms with Gasteiger partial charge in [-0.1, -0.05) is 0 Å². The summed E-state index contributed by atoms with van der Waals surface area (Å²) in [7, 11) is 3.99. The van der Waals surface area contributed by atoms with E-state index < -0.39 is 0 Å². The fourth-order valence-corrected chi connectivity index (χ4v) is 4.54. The Hall–Kier alpha value is -2.74. The van der Waals surface area contributed by atoms with Crippen LogP contribution in [0.5, 0.6) is 0 Å². The summed E-state index contributed by atoms with van der Waals surface area (Å²) in [4.78, 5) is 9.33. The second kappa shape index (κ2) is 8.78. The summed E-state index contributed by atoms with van der Waals surface area (Å²) in [5.41, 5.74) is 4.63. The Morgan fingerprint density at radius 2 is 1.81 bits per heavy atom. The molecule has 8 nitrogen and oxygen atoms in total. The molecule has 5 rings (SSSR count). The van der Waals surface area contributed by atoms with Crippen LogP contribution in [0, 0.1) is 5.92 Å². The van der Waals surface area contributed by atoms with Crippen LogP contribution in [0.15, 0.2) is 30.9 Å². The van der Waals surface area contributed by atoms with E-state index in [0.717, 1.165) is 61.8 Å². The topological polar surface area (TPSA) is 85.5 Å². The van der Waals surface area contributed by atoms with Gasteiger partial charge in [-0.15, -0.1) is 0 Å². The molecule has 31 heavy (non-hydrogen) atoms. The smallest absolute Gasteiger partial charge is 0.223 e. The van der Waals surface area contributed by atoms with Gasteiger partial charge in [-0.2, -0.15) is 10.2 Å². The maximum Gasteiger partial charge on any atom is 0.223 e. The third-order valence-corrected chi connectivity index (χ3v) is 6.59. The van der Waals surface area contributed by atoms with Gasteiger partial charge in [0.05, 0.1) is 18.1 Å². The highest BCUT2D eigenvalue weighted by molar-refractivity contribution is 5.62. The van der Waals surface area contributed by atoms with Gasteiger partial charge in [-0.25, -0.2) is 9.97 Å². The molecule has 0 aromatic carbocycles. The zero-order valence-electron chi connectivity index (χ0n) is 18.5. The predicted octanol–water partition coefficient (Wildman–Crippen LogP) is 3.08. The molecule has 0 saturated heterocycles. The Morgan fingerprint density at radius 3 is 2.55 bits per heavy atom. The van der Waals surface area contributed by atoms with Crippen LogP contribution < -0.4 is 10.6 Å². The van der Waals surface area contributed by atoms with Gasteiger partial charge in [-0.3, -0.25) is 9.36 Å². The van der Waals surface area contributed by atoms with E-state index in [9.17, 15) is 0 Å². The van der Waals surface area contributed by atoms with Crippen LogP contribution in [0.25, 0.3) is 11.3 Å². The van der Waals surface area contributed by atoms with Gasteiger partial charge in [0.1, 0.15) is 0 Å². The highest BCUT2D eigenvalue weighted by Gasteiger charge is 2.26. The van der Waals surface area contributed by atoms with Gasteiger partial charge in [-0.05, 0) is 56.9 Å². The molecule has 0 bridgehead atoms. The molecule has 2 N–H and O–H groups in total. The summed E-state index contributed by atoms with van der Waals surface area (Å²) in [5, 5.41) is 16.0. The third-order valence-electron chi connectivity index (χ3n) is 6.59. The lowest BCUT2D eigenvalue weighted by atomic mass is 9.91. The van der Waals surface area contributed by atoms with E-state index in [0.29, 0.717) is 12.1 Å². The number of nitrogens with zero attached hydrogens (tertiary/aromatic N) is 6. The summed E-state index contributed by atoms with van der Waals surface area (Å²) in [6.45, 7) is 0.885. The number of hydrogen-bond acceptors (Lipinski definition) is 6. The van der Waals surface area contributed by atoms with Crippen molar-refractivity contribution in [3.05, 3.63) is 42.1 Å². The molecule has 164 valence electrons. The zero-order valence-corrected chi connectivity index (χ0v) is 18.5. The monoisotopic (exact) mass is 420 g/mol. The SMILES string of the molecule is Cn1cc(CN[C@H]2CC[C@@H](Nc3nccc(-c4cnn(C)c4CC4CC4)n3)CC2)cn1. The number of aromatic nitrogens is 6. The van der Waals surface area contributed by atoms with Crippen LogP contribution >= 0.6 is 0 Å². The standard InChI is InChI=1S/C23H32N8/c1-30-15-17(13-26-30)12-25-18-5-7-19(8-6-18)28-23-24-10-9-21(29-23)20-14-27-31(2)22(20)11-16-3-4-16/h9-10,13-16,18-19,25H,3-8,11-12H2,1-2H3,(H,24,28,29)/t18-,19+. The van der Waals surface area contributed by atoms with Crippen molar-refractivity contribution in [3.63, 3.8) is 0 Å². The zero-order chi connectivity index (χ0) is 21.2. The summed E-state index contributed by atoms with van der Waals surface area (Å²) < 4.78 is 3.86. The highest BCUT2D eigenvalue weighted by Crippen LogP contribution is 2.35.